The Kier molecular flexibility index (Phi) is 4.04. The summed E-state index contributed by atoms with van der Waals surface area (Å²) in [5.41, 5.74) is 0.854. The van der Waals surface area contributed by atoms with Crippen molar-refractivity contribution in [1.82, 2.24) is 0 Å². The second-order valence-corrected chi connectivity index (χ2v) is 4.96. The van der Waals surface area contributed by atoms with Crippen LogP contribution in [0.5, 0.6) is 5.75 Å². The molecular weight excluding hydrogens is 281 g/mol. The summed E-state index contributed by atoms with van der Waals surface area (Å²) in [6.07, 6.45) is -2.28. The van der Waals surface area contributed by atoms with Gasteiger partial charge in [0.05, 0.1) is 5.02 Å². The molecule has 0 spiro atoms. The second kappa shape index (κ2) is 5.41. The summed E-state index contributed by atoms with van der Waals surface area (Å²) in [5.74, 6) is 0.0133. The highest BCUT2D eigenvalue weighted by Crippen LogP contribution is 2.36. The number of Topliss-reactive ketones (excluding diaryl/α,β-unsaturated/α-hetero) is 1. The minimum atomic E-state index is -4.75. The molecule has 6 heteroatoms. The van der Waals surface area contributed by atoms with E-state index in [2.05, 4.69) is 4.74 Å². The number of halogens is 4. The zero-order chi connectivity index (χ0) is 14.0. The van der Waals surface area contributed by atoms with Crippen molar-refractivity contribution in [3.63, 3.8) is 0 Å². The minimum absolute atomic E-state index is 0.0632. The maximum atomic E-state index is 12.1. The van der Waals surface area contributed by atoms with E-state index in [0.717, 1.165) is 5.56 Å². The summed E-state index contributed by atoms with van der Waals surface area (Å²) in [7, 11) is 0. The molecule has 2 rings (SSSR count). The van der Waals surface area contributed by atoms with Gasteiger partial charge in [-0.3, -0.25) is 4.79 Å². The van der Waals surface area contributed by atoms with E-state index in [-0.39, 0.29) is 16.7 Å². The fourth-order valence-corrected chi connectivity index (χ4v) is 2.48. The highest BCUT2D eigenvalue weighted by atomic mass is 35.5. The molecule has 0 saturated heterocycles. The number of ether oxygens (including phenoxy) is 1. The molecule has 1 saturated carbocycles. The van der Waals surface area contributed by atoms with Crippen LogP contribution in [-0.4, -0.2) is 12.1 Å². The molecular formula is C13H12ClF3O2. The van der Waals surface area contributed by atoms with Gasteiger partial charge in [-0.1, -0.05) is 17.7 Å². The van der Waals surface area contributed by atoms with Crippen LogP contribution in [0.2, 0.25) is 5.02 Å². The number of hydrogen-bond donors (Lipinski definition) is 0. The normalized spacial score (nSPS) is 17.6. The zero-order valence-electron chi connectivity index (χ0n) is 9.97. The number of carbonyl (C=O) groups excluding carboxylic acids is 1. The molecule has 0 unspecified atom stereocenters. The quantitative estimate of drug-likeness (QED) is 0.804. The smallest absolute Gasteiger partial charge is 0.404 e. The van der Waals surface area contributed by atoms with Crippen LogP contribution >= 0.6 is 11.6 Å². The van der Waals surface area contributed by atoms with Crippen molar-refractivity contribution in [1.29, 1.82) is 0 Å². The van der Waals surface area contributed by atoms with E-state index >= 15 is 0 Å². The van der Waals surface area contributed by atoms with Crippen LogP contribution in [0.15, 0.2) is 18.2 Å². The Morgan fingerprint density at radius 2 is 1.84 bits per heavy atom. The van der Waals surface area contributed by atoms with E-state index < -0.39 is 12.1 Å². The molecule has 0 atom stereocenters. The third-order valence-electron chi connectivity index (χ3n) is 3.20. The lowest BCUT2D eigenvalue weighted by molar-refractivity contribution is -0.274. The van der Waals surface area contributed by atoms with Crippen LogP contribution in [0, 0.1) is 0 Å². The van der Waals surface area contributed by atoms with E-state index in [1.54, 1.807) is 6.07 Å². The standard InChI is InChI=1S/C13H12ClF3O2/c14-11-7-9(8-1-4-10(18)5-2-8)3-6-12(11)19-13(15,16)17/h3,6-8H,1-2,4-5H2. The van der Waals surface area contributed by atoms with Crippen molar-refractivity contribution in [3.05, 3.63) is 28.8 Å². The molecule has 0 bridgehead atoms. The van der Waals surface area contributed by atoms with Gasteiger partial charge in [0.1, 0.15) is 11.5 Å². The maximum Gasteiger partial charge on any atom is 0.573 e. The fraction of sp³-hybridized carbons (Fsp3) is 0.462. The van der Waals surface area contributed by atoms with Gasteiger partial charge in [-0.05, 0) is 36.5 Å². The summed E-state index contributed by atoms with van der Waals surface area (Å²) < 4.78 is 40.1. The molecule has 2 nitrogen and oxygen atoms in total. The molecule has 0 N–H and O–H groups in total. The van der Waals surface area contributed by atoms with Gasteiger partial charge in [0.2, 0.25) is 0 Å². The number of ketones is 1. The van der Waals surface area contributed by atoms with Gasteiger partial charge in [-0.15, -0.1) is 13.2 Å². The monoisotopic (exact) mass is 292 g/mol. The highest BCUT2D eigenvalue weighted by Gasteiger charge is 2.32. The van der Waals surface area contributed by atoms with Crippen molar-refractivity contribution < 1.29 is 22.7 Å². The molecule has 0 radical (unpaired) electrons. The summed E-state index contributed by atoms with van der Waals surface area (Å²) in [5, 5.41) is -0.0632. The van der Waals surface area contributed by atoms with Crippen LogP contribution in [-0.2, 0) is 4.79 Å². The molecule has 1 fully saturated rings. The number of carbonyl (C=O) groups is 1. The van der Waals surface area contributed by atoms with Gasteiger partial charge >= 0.3 is 6.36 Å². The number of alkyl halides is 3. The summed E-state index contributed by atoms with van der Waals surface area (Å²) in [6, 6.07) is 4.29. The molecule has 19 heavy (non-hydrogen) atoms. The van der Waals surface area contributed by atoms with Crippen molar-refractivity contribution in [3.8, 4) is 5.75 Å². The molecule has 1 aromatic rings. The third kappa shape index (κ3) is 3.86. The lowest BCUT2D eigenvalue weighted by Gasteiger charge is -2.22. The second-order valence-electron chi connectivity index (χ2n) is 4.55. The van der Waals surface area contributed by atoms with Crippen LogP contribution in [0.25, 0.3) is 0 Å². The van der Waals surface area contributed by atoms with Crippen LogP contribution in [0.1, 0.15) is 37.2 Å². The van der Waals surface area contributed by atoms with Gasteiger partial charge < -0.3 is 4.74 Å². The molecule has 0 aromatic heterocycles. The van der Waals surface area contributed by atoms with Gasteiger partial charge in [-0.25, -0.2) is 0 Å². The molecule has 0 amide bonds. The van der Waals surface area contributed by atoms with Crippen molar-refractivity contribution >= 4 is 17.4 Å². The summed E-state index contributed by atoms with van der Waals surface area (Å²) in [6.45, 7) is 0. The average Bonchev–Trinajstić information content (AvgIpc) is 2.31. The van der Waals surface area contributed by atoms with Gasteiger partial charge in [0.25, 0.3) is 0 Å². The molecule has 0 aliphatic heterocycles. The van der Waals surface area contributed by atoms with E-state index in [9.17, 15) is 18.0 Å². The topological polar surface area (TPSA) is 26.3 Å². The van der Waals surface area contributed by atoms with E-state index in [0.29, 0.717) is 25.7 Å². The van der Waals surface area contributed by atoms with Gasteiger partial charge in [0, 0.05) is 12.8 Å². The number of rotatable bonds is 2. The Morgan fingerprint density at radius 3 is 2.37 bits per heavy atom. The SMILES string of the molecule is O=C1CCC(c2ccc(OC(F)(F)F)c(Cl)c2)CC1. The van der Waals surface area contributed by atoms with Gasteiger partial charge in [-0.2, -0.15) is 0 Å². The average molecular weight is 293 g/mol. The molecule has 0 heterocycles. The van der Waals surface area contributed by atoms with Crippen molar-refractivity contribution in [2.45, 2.75) is 38.0 Å². The predicted molar refractivity (Wildman–Crippen MR) is 64.4 cm³/mol. The first-order valence-electron chi connectivity index (χ1n) is 5.92. The van der Waals surface area contributed by atoms with Crippen LogP contribution in [0.4, 0.5) is 13.2 Å². The van der Waals surface area contributed by atoms with E-state index in [4.69, 9.17) is 11.6 Å². The van der Waals surface area contributed by atoms with Crippen LogP contribution in [0.3, 0.4) is 0 Å². The third-order valence-corrected chi connectivity index (χ3v) is 3.49. The first-order valence-corrected chi connectivity index (χ1v) is 6.30. The largest absolute Gasteiger partial charge is 0.573 e. The Balaban J connectivity index is 2.12. The van der Waals surface area contributed by atoms with E-state index in [1.807, 2.05) is 0 Å². The van der Waals surface area contributed by atoms with Crippen LogP contribution < -0.4 is 4.74 Å². The predicted octanol–water partition coefficient (Wildman–Crippen LogP) is 4.47. The highest BCUT2D eigenvalue weighted by molar-refractivity contribution is 6.32. The van der Waals surface area contributed by atoms with E-state index in [1.165, 1.54) is 12.1 Å². The minimum Gasteiger partial charge on any atom is -0.404 e. The zero-order valence-corrected chi connectivity index (χ0v) is 10.7. The fourth-order valence-electron chi connectivity index (χ4n) is 2.25. The first kappa shape index (κ1) is 14.2. The van der Waals surface area contributed by atoms with Crippen molar-refractivity contribution in [2.75, 3.05) is 0 Å². The van der Waals surface area contributed by atoms with Crippen molar-refractivity contribution in [2.24, 2.45) is 0 Å². The summed E-state index contributed by atoms with van der Waals surface area (Å²) >= 11 is 5.79. The molecule has 1 aromatic carbocycles. The van der Waals surface area contributed by atoms with Gasteiger partial charge in [0.15, 0.2) is 0 Å². The Hall–Kier alpha value is -1.23. The lowest BCUT2D eigenvalue weighted by atomic mass is 9.83. The number of hydrogen-bond acceptors (Lipinski definition) is 2. The molecule has 1 aliphatic carbocycles. The first-order chi connectivity index (χ1) is 8.85. The maximum absolute atomic E-state index is 12.1. The molecule has 1 aliphatic rings. The summed E-state index contributed by atoms with van der Waals surface area (Å²) in [4.78, 5) is 11.1. The lowest BCUT2D eigenvalue weighted by Crippen LogP contribution is -2.17. The molecule has 104 valence electrons. The Morgan fingerprint density at radius 1 is 1.21 bits per heavy atom. The Bertz CT molecular complexity index is 475. The Labute approximate surface area is 113 Å². The number of benzene rings is 1.